The number of amides is 2. The number of carbonyl (C=O) groups excluding carboxylic acids is 2. The van der Waals surface area contributed by atoms with Gasteiger partial charge < -0.3 is 16.0 Å². The number of benzene rings is 1. The van der Waals surface area contributed by atoms with Crippen LogP contribution in [0.5, 0.6) is 0 Å². The average Bonchev–Trinajstić information content (AvgIpc) is 3.28. The van der Waals surface area contributed by atoms with Crippen molar-refractivity contribution in [3.8, 4) is 10.4 Å². The Morgan fingerprint density at radius 3 is 2.76 bits per heavy atom. The Morgan fingerprint density at radius 2 is 2.12 bits per heavy atom. The van der Waals surface area contributed by atoms with E-state index in [0.717, 1.165) is 28.1 Å². The third kappa shape index (κ3) is 3.88. The molecule has 25 heavy (non-hydrogen) atoms. The molecule has 0 bridgehead atoms. The number of rotatable bonds is 5. The number of nitrogens with two attached hydrogens (primary N) is 1. The van der Waals surface area contributed by atoms with E-state index in [2.05, 4.69) is 10.3 Å². The molecule has 2 aromatic rings. The number of aryl methyl sites for hydroxylation is 1. The van der Waals surface area contributed by atoms with Gasteiger partial charge in [-0.05, 0) is 30.9 Å². The van der Waals surface area contributed by atoms with Crippen LogP contribution in [0.4, 0.5) is 0 Å². The fourth-order valence-electron chi connectivity index (χ4n) is 3.11. The van der Waals surface area contributed by atoms with Crippen LogP contribution >= 0.6 is 11.3 Å². The monoisotopic (exact) mass is 358 g/mol. The van der Waals surface area contributed by atoms with E-state index in [4.69, 9.17) is 5.73 Å². The van der Waals surface area contributed by atoms with E-state index in [0.29, 0.717) is 19.5 Å². The lowest BCUT2D eigenvalue weighted by Crippen LogP contribution is -2.47. The quantitative estimate of drug-likeness (QED) is 0.851. The SMILES string of the molecule is Cc1ncsc1-c1ccc(CNC(=O)[C@@H]2CCCN2C(=O)CN)cc1. The number of hydrogen-bond acceptors (Lipinski definition) is 5. The molecule has 1 aromatic carbocycles. The lowest BCUT2D eigenvalue weighted by Gasteiger charge is -2.23. The molecule has 0 saturated carbocycles. The third-order valence-corrected chi connectivity index (χ3v) is 5.46. The Balaban J connectivity index is 1.59. The van der Waals surface area contributed by atoms with Gasteiger partial charge in [0.15, 0.2) is 0 Å². The van der Waals surface area contributed by atoms with Gasteiger partial charge in [-0.15, -0.1) is 11.3 Å². The summed E-state index contributed by atoms with van der Waals surface area (Å²) in [6.45, 7) is 3.00. The van der Waals surface area contributed by atoms with Gasteiger partial charge in [-0.3, -0.25) is 9.59 Å². The van der Waals surface area contributed by atoms with Crippen molar-refractivity contribution in [3.05, 3.63) is 41.0 Å². The molecule has 2 heterocycles. The highest BCUT2D eigenvalue weighted by molar-refractivity contribution is 7.13. The maximum Gasteiger partial charge on any atom is 0.243 e. The van der Waals surface area contributed by atoms with Gasteiger partial charge in [0.1, 0.15) is 6.04 Å². The zero-order chi connectivity index (χ0) is 17.8. The second kappa shape index (κ2) is 7.76. The van der Waals surface area contributed by atoms with E-state index in [1.54, 1.807) is 16.2 Å². The van der Waals surface area contributed by atoms with Crippen molar-refractivity contribution < 1.29 is 9.59 Å². The number of likely N-dealkylation sites (tertiary alicyclic amines) is 1. The van der Waals surface area contributed by atoms with Crippen LogP contribution in [0.3, 0.4) is 0 Å². The van der Waals surface area contributed by atoms with Crippen LogP contribution in [0.25, 0.3) is 10.4 Å². The Labute approximate surface area is 151 Å². The molecule has 1 saturated heterocycles. The topological polar surface area (TPSA) is 88.3 Å². The molecular weight excluding hydrogens is 336 g/mol. The second-order valence-corrected chi connectivity index (χ2v) is 6.99. The largest absolute Gasteiger partial charge is 0.350 e. The van der Waals surface area contributed by atoms with Crippen molar-refractivity contribution in [2.45, 2.75) is 32.4 Å². The zero-order valence-corrected chi connectivity index (χ0v) is 15.0. The first-order valence-electron chi connectivity index (χ1n) is 8.37. The Kier molecular flexibility index (Phi) is 5.45. The summed E-state index contributed by atoms with van der Waals surface area (Å²) in [5.74, 6) is -0.274. The zero-order valence-electron chi connectivity index (χ0n) is 14.2. The lowest BCUT2D eigenvalue weighted by atomic mass is 10.1. The Bertz CT molecular complexity index is 757. The molecule has 132 valence electrons. The molecule has 2 amide bonds. The van der Waals surface area contributed by atoms with Gasteiger partial charge in [0.25, 0.3) is 0 Å². The maximum absolute atomic E-state index is 12.4. The lowest BCUT2D eigenvalue weighted by molar-refractivity contribution is -0.137. The van der Waals surface area contributed by atoms with Crippen LogP contribution in [0.1, 0.15) is 24.1 Å². The molecule has 0 unspecified atom stereocenters. The molecule has 1 atom stereocenters. The fraction of sp³-hybridized carbons (Fsp3) is 0.389. The third-order valence-electron chi connectivity index (χ3n) is 4.48. The van der Waals surface area contributed by atoms with E-state index in [1.807, 2.05) is 36.7 Å². The second-order valence-electron chi connectivity index (χ2n) is 6.13. The van der Waals surface area contributed by atoms with E-state index >= 15 is 0 Å². The number of carbonyl (C=O) groups is 2. The van der Waals surface area contributed by atoms with E-state index in [-0.39, 0.29) is 18.4 Å². The van der Waals surface area contributed by atoms with Crippen LogP contribution in [0.2, 0.25) is 0 Å². The van der Waals surface area contributed by atoms with E-state index < -0.39 is 6.04 Å². The van der Waals surface area contributed by atoms with E-state index in [9.17, 15) is 9.59 Å². The number of nitrogens with zero attached hydrogens (tertiary/aromatic N) is 2. The summed E-state index contributed by atoms with van der Waals surface area (Å²) in [5, 5.41) is 2.93. The van der Waals surface area contributed by atoms with Crippen LogP contribution in [0.15, 0.2) is 29.8 Å². The normalized spacial score (nSPS) is 16.9. The molecule has 1 aliphatic rings. The van der Waals surface area contributed by atoms with Gasteiger partial charge in [0.05, 0.1) is 22.6 Å². The summed E-state index contributed by atoms with van der Waals surface area (Å²) >= 11 is 1.62. The summed E-state index contributed by atoms with van der Waals surface area (Å²) in [6, 6.07) is 7.71. The van der Waals surface area contributed by atoms with Crippen molar-refractivity contribution in [2.75, 3.05) is 13.1 Å². The van der Waals surface area contributed by atoms with Crippen LogP contribution < -0.4 is 11.1 Å². The van der Waals surface area contributed by atoms with Crippen molar-refractivity contribution >= 4 is 23.2 Å². The highest BCUT2D eigenvalue weighted by atomic mass is 32.1. The van der Waals surface area contributed by atoms with Gasteiger partial charge in [-0.1, -0.05) is 24.3 Å². The van der Waals surface area contributed by atoms with Crippen molar-refractivity contribution in [2.24, 2.45) is 5.73 Å². The average molecular weight is 358 g/mol. The standard InChI is InChI=1S/C18H22N4O2S/c1-12-17(25-11-21-12)14-6-4-13(5-7-14)10-20-18(24)15-3-2-8-22(15)16(23)9-19/h4-7,11,15H,2-3,8-10,19H2,1H3,(H,20,24)/t15-/m0/s1. The van der Waals surface area contributed by atoms with Gasteiger partial charge in [0, 0.05) is 13.1 Å². The first-order valence-corrected chi connectivity index (χ1v) is 9.24. The summed E-state index contributed by atoms with van der Waals surface area (Å²) in [6.07, 6.45) is 1.54. The molecule has 0 radical (unpaired) electrons. The first kappa shape index (κ1) is 17.6. The Hall–Kier alpha value is -2.25. The smallest absolute Gasteiger partial charge is 0.243 e. The van der Waals surface area contributed by atoms with Crippen LogP contribution in [-0.4, -0.2) is 40.8 Å². The highest BCUT2D eigenvalue weighted by Crippen LogP contribution is 2.27. The number of aromatic nitrogens is 1. The number of thiazole rings is 1. The minimum atomic E-state index is -0.393. The van der Waals surface area contributed by atoms with Crippen LogP contribution in [0, 0.1) is 6.92 Å². The fourth-order valence-corrected chi connectivity index (χ4v) is 3.93. The summed E-state index contributed by atoms with van der Waals surface area (Å²) in [7, 11) is 0. The van der Waals surface area contributed by atoms with Crippen LogP contribution in [-0.2, 0) is 16.1 Å². The van der Waals surface area contributed by atoms with Crippen molar-refractivity contribution in [1.82, 2.24) is 15.2 Å². The molecule has 1 fully saturated rings. The van der Waals surface area contributed by atoms with Crippen molar-refractivity contribution in [1.29, 1.82) is 0 Å². The molecule has 7 heteroatoms. The minimum absolute atomic E-state index is 0.0533. The molecule has 3 rings (SSSR count). The Morgan fingerprint density at radius 1 is 1.36 bits per heavy atom. The molecule has 0 spiro atoms. The summed E-state index contributed by atoms with van der Waals surface area (Å²) < 4.78 is 0. The molecule has 1 aromatic heterocycles. The summed E-state index contributed by atoms with van der Waals surface area (Å²) in [4.78, 5) is 31.2. The minimum Gasteiger partial charge on any atom is -0.350 e. The molecule has 3 N–H and O–H groups in total. The van der Waals surface area contributed by atoms with Crippen molar-refractivity contribution in [3.63, 3.8) is 0 Å². The van der Waals surface area contributed by atoms with Gasteiger partial charge >= 0.3 is 0 Å². The molecule has 6 nitrogen and oxygen atoms in total. The molecule has 1 aliphatic heterocycles. The molecule has 0 aliphatic carbocycles. The first-order chi connectivity index (χ1) is 12.1. The number of hydrogen-bond donors (Lipinski definition) is 2. The highest BCUT2D eigenvalue weighted by Gasteiger charge is 2.33. The summed E-state index contributed by atoms with van der Waals surface area (Å²) in [5.41, 5.74) is 10.4. The molecular formula is C18H22N4O2S. The van der Waals surface area contributed by atoms with E-state index in [1.165, 1.54) is 0 Å². The van der Waals surface area contributed by atoms with Gasteiger partial charge in [-0.2, -0.15) is 0 Å². The number of nitrogens with one attached hydrogen (secondary N) is 1. The predicted octanol–water partition coefficient (Wildman–Crippen LogP) is 1.68. The van der Waals surface area contributed by atoms with Gasteiger partial charge in [-0.25, -0.2) is 4.98 Å². The maximum atomic E-state index is 12.4. The predicted molar refractivity (Wildman–Crippen MR) is 97.9 cm³/mol. The van der Waals surface area contributed by atoms with Gasteiger partial charge in [0.2, 0.25) is 11.8 Å².